The molecule has 20 heavy (non-hydrogen) atoms. The van der Waals surface area contributed by atoms with E-state index in [0.717, 1.165) is 25.7 Å². The summed E-state index contributed by atoms with van der Waals surface area (Å²) in [6.07, 6.45) is 5.39. The lowest BCUT2D eigenvalue weighted by Crippen LogP contribution is -2.59. The second kappa shape index (κ2) is 4.71. The van der Waals surface area contributed by atoms with Crippen LogP contribution in [0.4, 0.5) is 0 Å². The van der Waals surface area contributed by atoms with Crippen LogP contribution in [0.3, 0.4) is 0 Å². The first-order chi connectivity index (χ1) is 9.11. The molecule has 2 fully saturated rings. The Morgan fingerprint density at radius 2 is 1.75 bits per heavy atom. The molecule has 0 spiro atoms. The van der Waals surface area contributed by atoms with E-state index in [4.69, 9.17) is 4.74 Å². The number of nitriles is 1. The van der Waals surface area contributed by atoms with Gasteiger partial charge in [0.25, 0.3) is 0 Å². The Morgan fingerprint density at radius 1 is 1.20 bits per heavy atom. The van der Waals surface area contributed by atoms with Crippen LogP contribution in [0, 0.1) is 22.7 Å². The monoisotopic (exact) mass is 279 g/mol. The first-order valence-corrected chi connectivity index (χ1v) is 7.95. The maximum absolute atomic E-state index is 11.4. The maximum Gasteiger partial charge on any atom is 0.114 e. The van der Waals surface area contributed by atoms with E-state index in [2.05, 4.69) is 13.0 Å². The summed E-state index contributed by atoms with van der Waals surface area (Å²) in [5.41, 5.74) is -2.76. The Morgan fingerprint density at radius 3 is 2.10 bits per heavy atom. The van der Waals surface area contributed by atoms with Crippen LogP contribution in [0.1, 0.15) is 73.1 Å². The molecule has 2 aliphatic rings. The van der Waals surface area contributed by atoms with Gasteiger partial charge in [0.1, 0.15) is 5.60 Å². The van der Waals surface area contributed by atoms with Gasteiger partial charge in [-0.1, -0.05) is 13.3 Å². The summed E-state index contributed by atoms with van der Waals surface area (Å²) < 4.78 is 6.08. The van der Waals surface area contributed by atoms with Gasteiger partial charge < -0.3 is 9.84 Å². The smallest absolute Gasteiger partial charge is 0.114 e. The van der Waals surface area contributed by atoms with Crippen molar-refractivity contribution in [3.05, 3.63) is 0 Å². The molecule has 3 heteroatoms. The molecule has 2 rings (SSSR count). The molecule has 0 aromatic carbocycles. The Hall–Kier alpha value is -0.590. The highest BCUT2D eigenvalue weighted by Gasteiger charge is 2.66. The van der Waals surface area contributed by atoms with E-state index in [-0.39, 0.29) is 5.60 Å². The quantitative estimate of drug-likeness (QED) is 0.836. The van der Waals surface area contributed by atoms with Crippen LogP contribution in [-0.2, 0) is 4.74 Å². The molecule has 0 aromatic rings. The second-order valence-corrected chi connectivity index (χ2v) is 7.95. The third-order valence-electron chi connectivity index (χ3n) is 5.75. The van der Waals surface area contributed by atoms with Crippen molar-refractivity contribution in [2.75, 3.05) is 0 Å². The van der Waals surface area contributed by atoms with Gasteiger partial charge in [-0.15, -0.1) is 0 Å². The zero-order valence-corrected chi connectivity index (χ0v) is 13.6. The van der Waals surface area contributed by atoms with Gasteiger partial charge in [0, 0.05) is 6.42 Å². The molecular formula is C17H29NO2. The zero-order chi connectivity index (χ0) is 15.2. The molecule has 1 unspecified atom stereocenters. The van der Waals surface area contributed by atoms with E-state index in [1.165, 1.54) is 6.42 Å². The van der Waals surface area contributed by atoms with Crippen LogP contribution in [0.2, 0.25) is 0 Å². The van der Waals surface area contributed by atoms with Crippen molar-refractivity contribution in [2.24, 2.45) is 11.3 Å². The van der Waals surface area contributed by atoms with E-state index >= 15 is 0 Å². The second-order valence-electron chi connectivity index (χ2n) is 7.95. The van der Waals surface area contributed by atoms with Gasteiger partial charge in [0.15, 0.2) is 0 Å². The lowest BCUT2D eigenvalue weighted by molar-refractivity contribution is -0.173. The minimum atomic E-state index is -1.06. The van der Waals surface area contributed by atoms with Crippen LogP contribution < -0.4 is 0 Å². The van der Waals surface area contributed by atoms with Crippen molar-refractivity contribution in [1.29, 1.82) is 5.26 Å². The van der Waals surface area contributed by atoms with E-state index < -0.39 is 16.6 Å². The summed E-state index contributed by atoms with van der Waals surface area (Å²) in [6, 6.07) is 2.51. The number of nitrogens with zero attached hydrogens (tertiary/aromatic N) is 1. The van der Waals surface area contributed by atoms with Gasteiger partial charge in [-0.2, -0.15) is 5.26 Å². The topological polar surface area (TPSA) is 53.2 Å². The molecule has 0 aromatic heterocycles. The molecular weight excluding hydrogens is 250 g/mol. The van der Waals surface area contributed by atoms with E-state index in [1.54, 1.807) is 0 Å². The third kappa shape index (κ3) is 2.18. The fourth-order valence-corrected chi connectivity index (χ4v) is 4.58. The van der Waals surface area contributed by atoms with Crippen molar-refractivity contribution < 1.29 is 9.84 Å². The largest absolute Gasteiger partial charge is 0.385 e. The van der Waals surface area contributed by atoms with Crippen LogP contribution in [0.15, 0.2) is 0 Å². The van der Waals surface area contributed by atoms with Crippen molar-refractivity contribution in [3.63, 3.8) is 0 Å². The summed E-state index contributed by atoms with van der Waals surface area (Å²) in [5, 5.41) is 21.3. The Balaban J connectivity index is 2.35. The summed E-state index contributed by atoms with van der Waals surface area (Å²) >= 11 is 0. The predicted molar refractivity (Wildman–Crippen MR) is 79.1 cm³/mol. The summed E-state index contributed by atoms with van der Waals surface area (Å²) in [4.78, 5) is 0. The van der Waals surface area contributed by atoms with Gasteiger partial charge in [-0.25, -0.2) is 0 Å². The maximum atomic E-state index is 11.4. The molecule has 0 radical (unpaired) electrons. The van der Waals surface area contributed by atoms with Crippen molar-refractivity contribution in [2.45, 2.75) is 89.9 Å². The van der Waals surface area contributed by atoms with E-state index in [0.29, 0.717) is 12.3 Å². The number of rotatable bonds is 2. The lowest BCUT2D eigenvalue weighted by Gasteiger charge is -2.49. The zero-order valence-electron chi connectivity index (χ0n) is 13.6. The molecule has 1 aliphatic carbocycles. The molecule has 114 valence electrons. The molecule has 0 amide bonds. The predicted octanol–water partition coefficient (Wildman–Crippen LogP) is 3.81. The molecule has 1 atom stereocenters. The highest BCUT2D eigenvalue weighted by Crippen LogP contribution is 2.58. The Bertz CT molecular complexity index is 413. The first-order valence-electron chi connectivity index (χ1n) is 7.95. The number of aliphatic hydroxyl groups is 1. The summed E-state index contributed by atoms with van der Waals surface area (Å²) in [7, 11) is 0. The molecule has 1 aliphatic heterocycles. The fraction of sp³-hybridized carbons (Fsp3) is 0.941. The highest BCUT2D eigenvalue weighted by molar-refractivity contribution is 5.22. The SMILES string of the molecule is CCC1CCC(C#N)(C2(O)CC(C)(C)OC2(C)C)CC1. The Kier molecular flexibility index (Phi) is 3.72. The van der Waals surface area contributed by atoms with Gasteiger partial charge >= 0.3 is 0 Å². The van der Waals surface area contributed by atoms with Crippen molar-refractivity contribution in [3.8, 4) is 6.07 Å². The number of hydrogen-bond acceptors (Lipinski definition) is 3. The highest BCUT2D eigenvalue weighted by atomic mass is 16.5. The standard InChI is InChI=1S/C17H29NO2/c1-6-13-7-9-16(12-18,10-8-13)17(19)11-14(2,3)20-15(17,4)5/h13,19H,6-11H2,1-5H3. The number of hydrogen-bond donors (Lipinski definition) is 1. The summed E-state index contributed by atoms with van der Waals surface area (Å²) in [6.45, 7) is 10.1. The third-order valence-corrected chi connectivity index (χ3v) is 5.75. The van der Waals surface area contributed by atoms with Gasteiger partial charge in [0.05, 0.1) is 22.7 Å². The normalized spacial score (nSPS) is 43.1. The number of ether oxygens (including phenoxy) is 1. The minimum Gasteiger partial charge on any atom is -0.385 e. The first kappa shape index (κ1) is 15.8. The van der Waals surface area contributed by atoms with Crippen LogP contribution in [-0.4, -0.2) is 21.9 Å². The van der Waals surface area contributed by atoms with Crippen LogP contribution >= 0.6 is 0 Å². The van der Waals surface area contributed by atoms with Crippen molar-refractivity contribution in [1.82, 2.24) is 0 Å². The van der Waals surface area contributed by atoms with E-state index in [9.17, 15) is 10.4 Å². The van der Waals surface area contributed by atoms with Gasteiger partial charge in [0.2, 0.25) is 0 Å². The summed E-state index contributed by atoms with van der Waals surface area (Å²) in [5.74, 6) is 0.707. The van der Waals surface area contributed by atoms with Crippen LogP contribution in [0.5, 0.6) is 0 Å². The fourth-order valence-electron chi connectivity index (χ4n) is 4.58. The van der Waals surface area contributed by atoms with Crippen LogP contribution in [0.25, 0.3) is 0 Å². The van der Waals surface area contributed by atoms with Gasteiger partial charge in [-0.3, -0.25) is 0 Å². The molecule has 1 heterocycles. The lowest BCUT2D eigenvalue weighted by atomic mass is 9.56. The average molecular weight is 279 g/mol. The van der Waals surface area contributed by atoms with Gasteiger partial charge in [-0.05, 0) is 59.3 Å². The molecule has 1 saturated carbocycles. The molecule has 1 saturated heterocycles. The van der Waals surface area contributed by atoms with E-state index in [1.807, 2.05) is 27.7 Å². The Labute approximate surface area is 123 Å². The minimum absolute atomic E-state index is 0.371. The van der Waals surface area contributed by atoms with Crippen molar-refractivity contribution >= 4 is 0 Å². The molecule has 0 bridgehead atoms. The molecule has 3 nitrogen and oxygen atoms in total. The average Bonchev–Trinajstić information content (AvgIpc) is 2.54. The molecule has 1 N–H and O–H groups in total.